The van der Waals surface area contributed by atoms with Gasteiger partial charge in [0.1, 0.15) is 12.2 Å². The van der Waals surface area contributed by atoms with E-state index in [1.807, 2.05) is 0 Å². The molecule has 1 saturated heterocycles. The van der Waals surface area contributed by atoms with Gasteiger partial charge in [-0.3, -0.25) is 0 Å². The molecule has 0 aromatic rings. The van der Waals surface area contributed by atoms with Crippen molar-refractivity contribution in [2.75, 3.05) is 19.5 Å². The number of aliphatic hydroxyl groups is 2. The highest BCUT2D eigenvalue weighted by atomic mass is 79.9. The summed E-state index contributed by atoms with van der Waals surface area (Å²) in [7, 11) is 0. The van der Waals surface area contributed by atoms with Crippen LogP contribution < -0.4 is 5.73 Å². The predicted molar refractivity (Wildman–Crippen MR) is 96.3 cm³/mol. The number of allylic oxidation sites excluding steroid dienone is 2. The molecule has 124 valence electrons. The maximum Gasteiger partial charge on any atom is 0.163 e. The maximum atomic E-state index is 10.3. The number of rotatable bonds is 4. The third kappa shape index (κ3) is 3.87. The number of aliphatic hydroxyl groups excluding tert-OH is 2. The molecule has 0 aromatic carbocycles. The van der Waals surface area contributed by atoms with E-state index in [0.29, 0.717) is 22.3 Å². The molecule has 2 aliphatic heterocycles. The Labute approximate surface area is 140 Å². The predicted octanol–water partition coefficient (Wildman–Crippen LogP) is 1.44. The molecular weight excluding hydrogens is 367 g/mol. The highest BCUT2D eigenvalue weighted by Gasteiger charge is 2.45. The van der Waals surface area contributed by atoms with Gasteiger partial charge < -0.3 is 25.6 Å². The second kappa shape index (κ2) is 6.54. The average Bonchev–Trinajstić information content (AvgIpc) is 2.68. The average molecular weight is 391 g/mol. The Hall–Kier alpha value is -0.520. The van der Waals surface area contributed by atoms with E-state index in [1.165, 1.54) is 0 Å². The summed E-state index contributed by atoms with van der Waals surface area (Å²) < 4.78 is 6.59. The van der Waals surface area contributed by atoms with Crippen LogP contribution >= 0.6 is 22.8 Å². The summed E-state index contributed by atoms with van der Waals surface area (Å²) in [6.07, 6.45) is 6.18. The fraction of sp³-hybridized carbons (Fsp3) is 0.533. The third-order valence-electron chi connectivity index (χ3n) is 3.81. The van der Waals surface area contributed by atoms with Crippen molar-refractivity contribution in [3.8, 4) is 0 Å². The zero-order valence-electron chi connectivity index (χ0n) is 12.9. The smallest absolute Gasteiger partial charge is 0.163 e. The van der Waals surface area contributed by atoms with Gasteiger partial charge in [-0.25, -0.2) is 0 Å². The lowest BCUT2D eigenvalue weighted by atomic mass is 10.1. The lowest BCUT2D eigenvalue weighted by molar-refractivity contribution is -0.0562. The van der Waals surface area contributed by atoms with Gasteiger partial charge in [-0.15, -0.1) is 13.2 Å². The second-order valence-corrected chi connectivity index (χ2v) is 11.6. The molecular formula is C15H24BrN2O3P. The number of halogens is 1. The van der Waals surface area contributed by atoms with Gasteiger partial charge in [0.05, 0.1) is 10.6 Å². The molecule has 0 saturated carbocycles. The zero-order chi connectivity index (χ0) is 16.7. The minimum atomic E-state index is -1.20. The topological polar surface area (TPSA) is 79.0 Å². The van der Waals surface area contributed by atoms with E-state index in [-0.39, 0.29) is 0 Å². The number of nitrogens with zero attached hydrogens (tertiary/aromatic N) is 1. The summed E-state index contributed by atoms with van der Waals surface area (Å²) in [5.41, 5.74) is 6.99. The first-order valence-electron chi connectivity index (χ1n) is 7.11. The lowest BCUT2D eigenvalue weighted by Gasteiger charge is -2.32. The Bertz CT molecular complexity index is 569. The van der Waals surface area contributed by atoms with Crippen LogP contribution in [0.3, 0.4) is 0 Å². The van der Waals surface area contributed by atoms with Gasteiger partial charge in [0, 0.05) is 17.6 Å². The quantitative estimate of drug-likeness (QED) is 0.633. The van der Waals surface area contributed by atoms with Crippen LogP contribution in [0.25, 0.3) is 0 Å². The molecule has 0 aliphatic carbocycles. The van der Waals surface area contributed by atoms with E-state index in [4.69, 9.17) is 10.5 Å². The normalized spacial score (nSPS) is 33.0. The van der Waals surface area contributed by atoms with Gasteiger partial charge in [-0.2, -0.15) is 0 Å². The molecule has 4 atom stereocenters. The molecule has 2 aliphatic rings. The molecule has 0 amide bonds. The Kier molecular flexibility index (Phi) is 5.30. The maximum absolute atomic E-state index is 10.3. The largest absolute Gasteiger partial charge is 0.398 e. The summed E-state index contributed by atoms with van der Waals surface area (Å²) in [4.78, 5) is 1.69. The first-order valence-corrected chi connectivity index (χ1v) is 11.0. The van der Waals surface area contributed by atoms with E-state index in [2.05, 4.69) is 42.1 Å². The highest BCUT2D eigenvalue weighted by Crippen LogP contribution is 2.39. The molecule has 0 bridgehead atoms. The van der Waals surface area contributed by atoms with Gasteiger partial charge in [0.15, 0.2) is 6.23 Å². The molecule has 2 rings (SSSR count). The molecule has 1 unspecified atom stereocenters. The van der Waals surface area contributed by atoms with E-state index in [1.54, 1.807) is 17.2 Å². The van der Waals surface area contributed by atoms with E-state index < -0.39 is 31.4 Å². The number of hydrogen-bond acceptors (Lipinski definition) is 5. The van der Waals surface area contributed by atoms with Crippen molar-refractivity contribution in [2.24, 2.45) is 5.73 Å². The fourth-order valence-corrected chi connectivity index (χ4v) is 3.80. The Morgan fingerprint density at radius 3 is 2.64 bits per heavy atom. The van der Waals surface area contributed by atoms with Crippen molar-refractivity contribution in [3.05, 3.63) is 34.7 Å². The second-order valence-electron chi connectivity index (χ2n) is 6.47. The molecule has 0 spiro atoms. The molecule has 0 radical (unpaired) electrons. The number of ether oxygens (including phenoxy) is 1. The van der Waals surface area contributed by atoms with Crippen molar-refractivity contribution < 1.29 is 14.9 Å². The molecule has 22 heavy (non-hydrogen) atoms. The lowest BCUT2D eigenvalue weighted by Crippen LogP contribution is -2.41. The molecule has 4 N–H and O–H groups in total. The van der Waals surface area contributed by atoms with E-state index in [0.717, 1.165) is 6.16 Å². The van der Waals surface area contributed by atoms with Crippen molar-refractivity contribution in [2.45, 2.75) is 31.0 Å². The molecule has 1 fully saturated rings. The minimum Gasteiger partial charge on any atom is -0.398 e. The van der Waals surface area contributed by atoms with Gasteiger partial charge in [0.2, 0.25) is 0 Å². The third-order valence-corrected chi connectivity index (χ3v) is 5.94. The molecule has 2 heterocycles. The van der Waals surface area contributed by atoms with Gasteiger partial charge in [-0.05, 0) is 47.9 Å². The molecule has 7 heteroatoms. The van der Waals surface area contributed by atoms with Crippen molar-refractivity contribution in [1.29, 1.82) is 0 Å². The summed E-state index contributed by atoms with van der Waals surface area (Å²) in [6, 6.07) is 0. The zero-order valence-corrected chi connectivity index (χ0v) is 15.4. The van der Waals surface area contributed by atoms with Crippen molar-refractivity contribution in [3.63, 3.8) is 0 Å². The molecule has 0 aromatic heterocycles. The number of hydrogen-bond donors (Lipinski definition) is 3. The van der Waals surface area contributed by atoms with Gasteiger partial charge in [0.25, 0.3) is 0 Å². The van der Waals surface area contributed by atoms with Gasteiger partial charge in [-0.1, -0.05) is 6.58 Å². The Morgan fingerprint density at radius 1 is 1.41 bits per heavy atom. The van der Waals surface area contributed by atoms with E-state index in [9.17, 15) is 10.2 Å². The standard InChI is InChI=1S/C15H24BrN2O3P/c1-9-7-11(17)10(16)8-18(9)15-14(20)13(19)12(21-15)5-6-22(2,3)4/h7-8,12-15,19-20H,1-2,5-6,17H2,3-4H3/t12?,13-,14-,15-/m1/s1. The van der Waals surface area contributed by atoms with Crippen LogP contribution in [0.2, 0.25) is 0 Å². The van der Waals surface area contributed by atoms with Crippen LogP contribution in [0.1, 0.15) is 6.42 Å². The number of nitrogens with two attached hydrogens (primary N) is 1. The first-order chi connectivity index (χ1) is 10.1. The summed E-state index contributed by atoms with van der Waals surface area (Å²) in [5.74, 6) is 0. The van der Waals surface area contributed by atoms with Crippen LogP contribution in [-0.4, -0.2) is 65.4 Å². The Balaban J connectivity index is 2.10. The molecule has 5 nitrogen and oxygen atoms in total. The Morgan fingerprint density at radius 2 is 2.05 bits per heavy atom. The van der Waals surface area contributed by atoms with Crippen LogP contribution in [0.5, 0.6) is 0 Å². The first kappa shape index (κ1) is 17.8. The summed E-state index contributed by atoms with van der Waals surface area (Å²) in [5, 5.41) is 20.6. The summed E-state index contributed by atoms with van der Waals surface area (Å²) >= 11 is 3.36. The monoisotopic (exact) mass is 390 g/mol. The van der Waals surface area contributed by atoms with Crippen LogP contribution in [0, 0.1) is 0 Å². The summed E-state index contributed by atoms with van der Waals surface area (Å²) in [6.45, 7) is 7.01. The minimum absolute atomic E-state index is 0.399. The fourth-order valence-electron chi connectivity index (χ4n) is 2.51. The van der Waals surface area contributed by atoms with Crippen LogP contribution in [-0.2, 0) is 4.74 Å². The van der Waals surface area contributed by atoms with Gasteiger partial charge >= 0.3 is 0 Å². The van der Waals surface area contributed by atoms with Crippen molar-refractivity contribution >= 4 is 29.1 Å². The van der Waals surface area contributed by atoms with E-state index >= 15 is 0 Å². The van der Waals surface area contributed by atoms with Crippen LogP contribution in [0.15, 0.2) is 34.7 Å². The van der Waals surface area contributed by atoms with Crippen molar-refractivity contribution in [1.82, 2.24) is 4.90 Å². The highest BCUT2D eigenvalue weighted by molar-refractivity contribution is 9.12. The van der Waals surface area contributed by atoms with Crippen LogP contribution in [0.4, 0.5) is 0 Å². The SMILES string of the molecule is C=C1C=C(N)C(Br)=CN1[C@@H]1OC(CCP(=C)(C)C)[C@@H](O)[C@H]1O.